The van der Waals surface area contributed by atoms with Crippen molar-refractivity contribution in [2.45, 2.75) is 52.4 Å². The first-order valence-electron chi connectivity index (χ1n) is 10.2. The number of benzene rings is 2. The minimum atomic E-state index is -0.701. The van der Waals surface area contributed by atoms with Gasteiger partial charge in [-0.1, -0.05) is 65.8 Å². The topological polar surface area (TPSA) is 81.7 Å². The van der Waals surface area contributed by atoms with Crippen LogP contribution in [-0.2, 0) is 25.2 Å². The average Bonchev–Trinajstić information content (AvgIpc) is 2.69. The van der Waals surface area contributed by atoms with Crippen LogP contribution >= 0.6 is 0 Å². The molecule has 0 fully saturated rings. The van der Waals surface area contributed by atoms with E-state index >= 15 is 0 Å². The monoisotopic (exact) mass is 425 g/mol. The Morgan fingerprint density at radius 1 is 0.742 bits per heavy atom. The highest BCUT2D eigenvalue weighted by atomic mass is 16.6. The largest absolute Gasteiger partial charge is 0.482 e. The number of amides is 2. The van der Waals surface area contributed by atoms with Crippen molar-refractivity contribution in [3.05, 3.63) is 65.2 Å². The first kappa shape index (κ1) is 24.1. The summed E-state index contributed by atoms with van der Waals surface area (Å²) in [6, 6.07) is 14.5. The lowest BCUT2D eigenvalue weighted by Gasteiger charge is -2.19. The van der Waals surface area contributed by atoms with Crippen LogP contribution in [0.15, 0.2) is 48.5 Å². The third kappa shape index (κ3) is 7.55. The summed E-state index contributed by atoms with van der Waals surface area (Å²) < 4.78 is 10.3. The van der Waals surface area contributed by atoms with Gasteiger partial charge in [-0.2, -0.15) is 0 Å². The van der Waals surface area contributed by atoms with E-state index in [0.29, 0.717) is 11.3 Å². The smallest absolute Gasteiger partial charge is 0.344 e. The summed E-state index contributed by atoms with van der Waals surface area (Å²) in [7, 11) is 0. The lowest BCUT2D eigenvalue weighted by molar-refractivity contribution is -0.150. The van der Waals surface area contributed by atoms with Crippen LogP contribution < -0.4 is 10.1 Å². The summed E-state index contributed by atoms with van der Waals surface area (Å²) >= 11 is 0. The van der Waals surface area contributed by atoms with Crippen LogP contribution in [0, 0.1) is 0 Å². The number of imide groups is 1. The summed E-state index contributed by atoms with van der Waals surface area (Å²) in [5, 5.41) is 2.21. The lowest BCUT2D eigenvalue weighted by atomic mass is 9.87. The molecule has 0 spiro atoms. The first-order valence-corrected chi connectivity index (χ1v) is 10.2. The van der Waals surface area contributed by atoms with Crippen molar-refractivity contribution < 1.29 is 23.9 Å². The van der Waals surface area contributed by atoms with Crippen molar-refractivity contribution in [3.63, 3.8) is 0 Å². The molecule has 0 bridgehead atoms. The standard InChI is InChI=1S/C25H31NO5/c1-24(2,3)18-9-7-17(8-10-18)23(29)26-21(27)15-31-22(28)16-30-20-13-11-19(12-14-20)25(4,5)6/h7-14H,15-16H2,1-6H3,(H,26,27,29). The molecular weight excluding hydrogens is 394 g/mol. The highest BCUT2D eigenvalue weighted by Gasteiger charge is 2.17. The van der Waals surface area contributed by atoms with E-state index in [9.17, 15) is 14.4 Å². The van der Waals surface area contributed by atoms with E-state index in [1.54, 1.807) is 24.3 Å². The van der Waals surface area contributed by atoms with E-state index < -0.39 is 24.4 Å². The van der Waals surface area contributed by atoms with Gasteiger partial charge in [-0.3, -0.25) is 14.9 Å². The molecular formula is C25H31NO5. The van der Waals surface area contributed by atoms with Gasteiger partial charge in [0, 0.05) is 5.56 Å². The summed E-state index contributed by atoms with van der Waals surface area (Å²) in [6.45, 7) is 11.7. The van der Waals surface area contributed by atoms with Crippen LogP contribution in [0.3, 0.4) is 0 Å². The second-order valence-corrected chi connectivity index (χ2v) is 9.43. The average molecular weight is 426 g/mol. The number of rotatable bonds is 6. The lowest BCUT2D eigenvalue weighted by Crippen LogP contribution is -2.34. The Balaban J connectivity index is 1.76. The zero-order valence-corrected chi connectivity index (χ0v) is 19.1. The Hall–Kier alpha value is -3.15. The zero-order valence-electron chi connectivity index (χ0n) is 19.1. The fourth-order valence-corrected chi connectivity index (χ4v) is 2.74. The molecule has 166 valence electrons. The van der Waals surface area contributed by atoms with Crippen molar-refractivity contribution in [1.29, 1.82) is 0 Å². The second-order valence-electron chi connectivity index (χ2n) is 9.43. The SMILES string of the molecule is CC(C)(C)c1ccc(OCC(=O)OCC(=O)NC(=O)c2ccc(C(C)(C)C)cc2)cc1. The normalized spacial score (nSPS) is 11.5. The molecule has 0 atom stereocenters. The highest BCUT2D eigenvalue weighted by Crippen LogP contribution is 2.24. The molecule has 2 amide bonds. The fraction of sp³-hybridized carbons (Fsp3) is 0.400. The summed E-state index contributed by atoms with van der Waals surface area (Å²) in [5.74, 6) is -1.41. The van der Waals surface area contributed by atoms with Crippen LogP contribution in [0.4, 0.5) is 0 Å². The van der Waals surface area contributed by atoms with Gasteiger partial charge in [-0.15, -0.1) is 0 Å². The molecule has 0 aliphatic heterocycles. The molecule has 0 unspecified atom stereocenters. The van der Waals surface area contributed by atoms with Crippen molar-refractivity contribution in [3.8, 4) is 5.75 Å². The van der Waals surface area contributed by atoms with Gasteiger partial charge in [-0.25, -0.2) is 4.79 Å². The number of nitrogens with one attached hydrogen (secondary N) is 1. The predicted octanol–water partition coefficient (Wildman–Crippen LogP) is 4.16. The van der Waals surface area contributed by atoms with Gasteiger partial charge in [0.05, 0.1) is 0 Å². The third-order valence-electron chi connectivity index (χ3n) is 4.71. The number of ether oxygens (including phenoxy) is 2. The minimum Gasteiger partial charge on any atom is -0.482 e. The number of carbonyl (C=O) groups is 3. The molecule has 0 aliphatic carbocycles. The Labute approximate surface area is 183 Å². The third-order valence-corrected chi connectivity index (χ3v) is 4.71. The molecule has 6 nitrogen and oxygen atoms in total. The minimum absolute atomic E-state index is 0.0247. The fourth-order valence-electron chi connectivity index (χ4n) is 2.74. The van der Waals surface area contributed by atoms with Crippen molar-refractivity contribution >= 4 is 17.8 Å². The molecule has 2 aromatic carbocycles. The van der Waals surface area contributed by atoms with Gasteiger partial charge >= 0.3 is 5.97 Å². The van der Waals surface area contributed by atoms with Crippen molar-refractivity contribution in [2.24, 2.45) is 0 Å². The van der Waals surface area contributed by atoms with Crippen molar-refractivity contribution in [1.82, 2.24) is 5.32 Å². The molecule has 31 heavy (non-hydrogen) atoms. The van der Waals surface area contributed by atoms with E-state index in [1.807, 2.05) is 24.3 Å². The Morgan fingerprint density at radius 3 is 1.71 bits per heavy atom. The van der Waals surface area contributed by atoms with E-state index in [1.165, 1.54) is 0 Å². The quantitative estimate of drug-likeness (QED) is 0.703. The van der Waals surface area contributed by atoms with Crippen LogP contribution in [0.2, 0.25) is 0 Å². The van der Waals surface area contributed by atoms with E-state index in [0.717, 1.165) is 11.1 Å². The van der Waals surface area contributed by atoms with Gasteiger partial charge in [-0.05, 0) is 46.2 Å². The number of esters is 1. The second kappa shape index (κ2) is 9.77. The predicted molar refractivity (Wildman–Crippen MR) is 119 cm³/mol. The van der Waals surface area contributed by atoms with E-state index in [2.05, 4.69) is 46.9 Å². The molecule has 0 aromatic heterocycles. The maximum atomic E-state index is 12.2. The van der Waals surface area contributed by atoms with Gasteiger partial charge in [0.2, 0.25) is 0 Å². The first-order chi connectivity index (χ1) is 14.4. The molecule has 1 N–H and O–H groups in total. The molecule has 2 aromatic rings. The van der Waals surface area contributed by atoms with Gasteiger partial charge in [0.15, 0.2) is 13.2 Å². The van der Waals surface area contributed by atoms with Crippen LogP contribution in [0.5, 0.6) is 5.75 Å². The molecule has 6 heteroatoms. The zero-order chi connectivity index (χ0) is 23.2. The maximum Gasteiger partial charge on any atom is 0.344 e. The summed E-state index contributed by atoms with van der Waals surface area (Å²) in [4.78, 5) is 35.9. The maximum absolute atomic E-state index is 12.2. The molecule has 0 radical (unpaired) electrons. The molecule has 0 saturated carbocycles. The van der Waals surface area contributed by atoms with E-state index in [4.69, 9.17) is 9.47 Å². The summed E-state index contributed by atoms with van der Waals surface area (Å²) in [5.41, 5.74) is 2.58. The van der Waals surface area contributed by atoms with Crippen LogP contribution in [0.25, 0.3) is 0 Å². The van der Waals surface area contributed by atoms with Gasteiger partial charge in [0.1, 0.15) is 5.75 Å². The van der Waals surface area contributed by atoms with Crippen LogP contribution in [-0.4, -0.2) is 31.0 Å². The molecule has 0 heterocycles. The highest BCUT2D eigenvalue weighted by molar-refractivity contribution is 6.05. The molecule has 2 rings (SSSR count). The summed E-state index contributed by atoms with van der Waals surface area (Å²) in [6.07, 6.45) is 0. The Kier molecular flexibility index (Phi) is 7.60. The van der Waals surface area contributed by atoms with Crippen LogP contribution in [0.1, 0.15) is 63.0 Å². The number of hydrogen-bond donors (Lipinski definition) is 1. The number of carbonyl (C=O) groups excluding carboxylic acids is 3. The molecule has 0 saturated heterocycles. The Bertz CT molecular complexity index is 916. The molecule has 0 aliphatic rings. The van der Waals surface area contributed by atoms with E-state index in [-0.39, 0.29) is 17.4 Å². The van der Waals surface area contributed by atoms with Gasteiger partial charge < -0.3 is 9.47 Å². The number of hydrogen-bond acceptors (Lipinski definition) is 5. The van der Waals surface area contributed by atoms with Crippen molar-refractivity contribution in [2.75, 3.05) is 13.2 Å². The Morgan fingerprint density at radius 2 is 1.23 bits per heavy atom. The van der Waals surface area contributed by atoms with Gasteiger partial charge in [0.25, 0.3) is 11.8 Å².